The van der Waals surface area contributed by atoms with Gasteiger partial charge in [0.15, 0.2) is 0 Å². The maximum Gasteiger partial charge on any atom is 0.135 e. The third kappa shape index (κ3) is 2.99. The molecule has 2 rings (SSSR count). The first-order valence-electron chi connectivity index (χ1n) is 6.36. The van der Waals surface area contributed by atoms with Crippen LogP contribution in [0.1, 0.15) is 43.9 Å². The number of hydrogen-bond acceptors (Lipinski definition) is 5. The van der Waals surface area contributed by atoms with Crippen molar-refractivity contribution in [1.29, 1.82) is 0 Å². The molecule has 0 aliphatic carbocycles. The highest BCUT2D eigenvalue weighted by Gasteiger charge is 2.15. The average molecular weight is 257 g/mol. The third-order valence-electron chi connectivity index (χ3n) is 3.03. The fourth-order valence-electron chi connectivity index (χ4n) is 2.01. The highest BCUT2D eigenvalue weighted by molar-refractivity contribution is 5.57. The van der Waals surface area contributed by atoms with Gasteiger partial charge in [0, 0.05) is 18.0 Å². The van der Waals surface area contributed by atoms with Gasteiger partial charge in [0.05, 0.1) is 6.04 Å². The topological polar surface area (TPSA) is 76.7 Å². The minimum atomic E-state index is 0.112. The van der Waals surface area contributed by atoms with E-state index in [1.54, 1.807) is 6.20 Å². The zero-order valence-corrected chi connectivity index (χ0v) is 11.5. The predicted molar refractivity (Wildman–Crippen MR) is 76.8 cm³/mol. The second kappa shape index (κ2) is 5.65. The molecule has 0 aliphatic heterocycles. The van der Waals surface area contributed by atoms with E-state index >= 15 is 0 Å². The zero-order valence-electron chi connectivity index (χ0n) is 11.5. The van der Waals surface area contributed by atoms with Gasteiger partial charge in [-0.3, -0.25) is 4.98 Å². The fraction of sp³-hybridized carbons (Fsp3) is 0.357. The first kappa shape index (κ1) is 13.3. The maximum atomic E-state index is 5.93. The summed E-state index contributed by atoms with van der Waals surface area (Å²) < 4.78 is 0. The van der Waals surface area contributed by atoms with Gasteiger partial charge in [0.2, 0.25) is 0 Å². The van der Waals surface area contributed by atoms with Crippen molar-refractivity contribution in [3.05, 3.63) is 42.0 Å². The second-order valence-corrected chi connectivity index (χ2v) is 4.83. The first-order chi connectivity index (χ1) is 9.09. The normalized spacial score (nSPS) is 12.4. The summed E-state index contributed by atoms with van der Waals surface area (Å²) >= 11 is 0. The molecule has 1 atom stereocenters. The molecule has 5 nitrogen and oxygen atoms in total. The van der Waals surface area contributed by atoms with Gasteiger partial charge in [0.25, 0.3) is 0 Å². The van der Waals surface area contributed by atoms with Crippen LogP contribution >= 0.6 is 0 Å². The summed E-state index contributed by atoms with van der Waals surface area (Å²) in [5.74, 6) is 1.59. The number of rotatable bonds is 4. The minimum absolute atomic E-state index is 0.112. The standard InChI is InChI=1S/C14H19N5/c1-9(2)12-13(15)17-8-18-14(12)19-10(3)11-5-4-6-16-7-11/h4-10H,1-3H3,(H3,15,17,18,19). The molecule has 0 fully saturated rings. The number of nitrogens with zero attached hydrogens (tertiary/aromatic N) is 3. The van der Waals surface area contributed by atoms with E-state index < -0.39 is 0 Å². The fourth-order valence-corrected chi connectivity index (χ4v) is 2.01. The highest BCUT2D eigenvalue weighted by Crippen LogP contribution is 2.28. The number of nitrogens with two attached hydrogens (primary N) is 1. The molecule has 0 bridgehead atoms. The number of pyridine rings is 1. The summed E-state index contributed by atoms with van der Waals surface area (Å²) in [6.07, 6.45) is 5.09. The Labute approximate surface area is 113 Å². The molecule has 5 heteroatoms. The van der Waals surface area contributed by atoms with E-state index in [2.05, 4.69) is 41.0 Å². The molecule has 3 N–H and O–H groups in total. The summed E-state index contributed by atoms with van der Waals surface area (Å²) in [6, 6.07) is 4.07. The predicted octanol–water partition coefficient (Wildman–Crippen LogP) is 2.75. The van der Waals surface area contributed by atoms with E-state index in [4.69, 9.17) is 5.73 Å². The molecule has 2 aromatic rings. The Morgan fingerprint density at radius 3 is 2.63 bits per heavy atom. The van der Waals surface area contributed by atoms with Crippen LogP contribution in [-0.4, -0.2) is 15.0 Å². The summed E-state index contributed by atoms with van der Waals surface area (Å²) in [4.78, 5) is 12.5. The molecular weight excluding hydrogens is 238 g/mol. The Bertz CT molecular complexity index is 539. The van der Waals surface area contributed by atoms with E-state index in [-0.39, 0.29) is 12.0 Å². The van der Waals surface area contributed by atoms with Crippen molar-refractivity contribution < 1.29 is 0 Å². The SMILES string of the molecule is CC(C)c1c(N)ncnc1NC(C)c1cccnc1. The maximum absolute atomic E-state index is 5.93. The molecule has 2 heterocycles. The minimum Gasteiger partial charge on any atom is -0.383 e. The van der Waals surface area contributed by atoms with Gasteiger partial charge in [-0.15, -0.1) is 0 Å². The lowest BCUT2D eigenvalue weighted by Crippen LogP contribution is -2.13. The van der Waals surface area contributed by atoms with Crippen molar-refractivity contribution in [3.63, 3.8) is 0 Å². The molecule has 2 aromatic heterocycles. The smallest absolute Gasteiger partial charge is 0.135 e. The van der Waals surface area contributed by atoms with Gasteiger partial charge in [0.1, 0.15) is 18.0 Å². The van der Waals surface area contributed by atoms with Crippen molar-refractivity contribution in [3.8, 4) is 0 Å². The van der Waals surface area contributed by atoms with E-state index in [1.165, 1.54) is 6.33 Å². The second-order valence-electron chi connectivity index (χ2n) is 4.83. The molecular formula is C14H19N5. The number of nitrogen functional groups attached to an aromatic ring is 1. The van der Waals surface area contributed by atoms with Crippen LogP contribution in [0.5, 0.6) is 0 Å². The number of nitrogens with one attached hydrogen (secondary N) is 1. The van der Waals surface area contributed by atoms with Crippen molar-refractivity contribution in [1.82, 2.24) is 15.0 Å². The van der Waals surface area contributed by atoms with Crippen molar-refractivity contribution in [2.24, 2.45) is 0 Å². The molecule has 1 unspecified atom stereocenters. The Kier molecular flexibility index (Phi) is 3.94. The summed E-state index contributed by atoms with van der Waals surface area (Å²) in [5, 5.41) is 3.38. The van der Waals surface area contributed by atoms with Crippen LogP contribution in [0.25, 0.3) is 0 Å². The van der Waals surface area contributed by atoms with Crippen molar-refractivity contribution >= 4 is 11.6 Å². The van der Waals surface area contributed by atoms with Crippen LogP contribution in [0, 0.1) is 0 Å². The van der Waals surface area contributed by atoms with Crippen LogP contribution < -0.4 is 11.1 Å². The third-order valence-corrected chi connectivity index (χ3v) is 3.03. The lowest BCUT2D eigenvalue weighted by molar-refractivity contribution is 0.819. The average Bonchev–Trinajstić information content (AvgIpc) is 2.39. The first-order valence-corrected chi connectivity index (χ1v) is 6.36. The molecule has 0 amide bonds. The Hall–Kier alpha value is -2.17. The Morgan fingerprint density at radius 1 is 1.21 bits per heavy atom. The van der Waals surface area contributed by atoms with Crippen LogP contribution in [0.2, 0.25) is 0 Å². The largest absolute Gasteiger partial charge is 0.383 e. The quantitative estimate of drug-likeness (QED) is 0.880. The molecule has 19 heavy (non-hydrogen) atoms. The lowest BCUT2D eigenvalue weighted by Gasteiger charge is -2.19. The van der Waals surface area contributed by atoms with Gasteiger partial charge < -0.3 is 11.1 Å². The Morgan fingerprint density at radius 2 is 2.00 bits per heavy atom. The van der Waals surface area contributed by atoms with Crippen molar-refractivity contribution in [2.45, 2.75) is 32.7 Å². The van der Waals surface area contributed by atoms with Gasteiger partial charge in [-0.05, 0) is 24.5 Å². The lowest BCUT2D eigenvalue weighted by atomic mass is 10.0. The molecule has 0 aromatic carbocycles. The molecule has 0 aliphatic rings. The van der Waals surface area contributed by atoms with E-state index in [0.29, 0.717) is 5.82 Å². The van der Waals surface area contributed by atoms with Crippen LogP contribution in [-0.2, 0) is 0 Å². The monoisotopic (exact) mass is 257 g/mol. The molecule has 0 radical (unpaired) electrons. The van der Waals surface area contributed by atoms with Gasteiger partial charge in [-0.25, -0.2) is 9.97 Å². The van der Waals surface area contributed by atoms with Gasteiger partial charge >= 0.3 is 0 Å². The molecule has 0 saturated heterocycles. The Balaban J connectivity index is 2.27. The van der Waals surface area contributed by atoms with Gasteiger partial charge in [-0.2, -0.15) is 0 Å². The van der Waals surface area contributed by atoms with E-state index in [1.807, 2.05) is 18.3 Å². The molecule has 100 valence electrons. The van der Waals surface area contributed by atoms with E-state index in [0.717, 1.165) is 16.9 Å². The van der Waals surface area contributed by atoms with Crippen LogP contribution in [0.4, 0.5) is 11.6 Å². The summed E-state index contributed by atoms with van der Waals surface area (Å²) in [6.45, 7) is 6.23. The molecule has 0 spiro atoms. The zero-order chi connectivity index (χ0) is 13.8. The molecule has 0 saturated carbocycles. The van der Waals surface area contributed by atoms with Gasteiger partial charge in [-0.1, -0.05) is 19.9 Å². The highest BCUT2D eigenvalue weighted by atomic mass is 15.1. The van der Waals surface area contributed by atoms with E-state index in [9.17, 15) is 0 Å². The van der Waals surface area contributed by atoms with Crippen molar-refractivity contribution in [2.75, 3.05) is 11.1 Å². The number of anilines is 2. The van der Waals surface area contributed by atoms with Crippen LogP contribution in [0.15, 0.2) is 30.9 Å². The number of hydrogen-bond donors (Lipinski definition) is 2. The summed E-state index contributed by atoms with van der Waals surface area (Å²) in [5.41, 5.74) is 8.00. The summed E-state index contributed by atoms with van der Waals surface area (Å²) in [7, 11) is 0. The van der Waals surface area contributed by atoms with Crippen LogP contribution in [0.3, 0.4) is 0 Å². The number of aromatic nitrogens is 3.